The van der Waals surface area contributed by atoms with E-state index in [1.54, 1.807) is 0 Å². The van der Waals surface area contributed by atoms with Gasteiger partial charge in [-0.2, -0.15) is 5.10 Å². The quantitative estimate of drug-likeness (QED) is 0.234. The molecule has 0 saturated heterocycles. The molecule has 4 nitrogen and oxygen atoms in total. The van der Waals surface area contributed by atoms with Crippen LogP contribution in [-0.2, 0) is 0 Å². The molecule has 0 spiro atoms. The molecule has 176 valence electrons. The van der Waals surface area contributed by atoms with Gasteiger partial charge in [0.15, 0.2) is 0 Å². The van der Waals surface area contributed by atoms with Gasteiger partial charge in [0.2, 0.25) is 5.95 Å². The van der Waals surface area contributed by atoms with Crippen LogP contribution in [0.1, 0.15) is 29.2 Å². The minimum Gasteiger partial charge on any atom is -0.223 e. The lowest BCUT2D eigenvalue weighted by molar-refractivity contribution is 0.623. The van der Waals surface area contributed by atoms with E-state index < -0.39 is 0 Å². The van der Waals surface area contributed by atoms with Crippen LogP contribution in [0.15, 0.2) is 107 Å². The van der Waals surface area contributed by atoms with Crippen molar-refractivity contribution in [2.24, 2.45) is 5.10 Å². The Morgan fingerprint density at radius 3 is 2.33 bits per heavy atom. The highest BCUT2D eigenvalue weighted by molar-refractivity contribution is 9.10. The fraction of sp³-hybridized carbons (Fsp3) is 0.100. The zero-order chi connectivity index (χ0) is 24.6. The van der Waals surface area contributed by atoms with E-state index in [4.69, 9.17) is 15.1 Å². The highest BCUT2D eigenvalue weighted by Gasteiger charge is 2.32. The van der Waals surface area contributed by atoms with Gasteiger partial charge in [0, 0.05) is 21.8 Å². The summed E-state index contributed by atoms with van der Waals surface area (Å²) in [5, 5.41) is 7.90. The molecule has 4 aromatic carbocycles. The largest absolute Gasteiger partial charge is 0.247 e. The van der Waals surface area contributed by atoms with E-state index in [0.29, 0.717) is 12.4 Å². The summed E-state index contributed by atoms with van der Waals surface area (Å²) in [6.45, 7) is 2.07. The smallest absolute Gasteiger partial charge is 0.223 e. The molecule has 0 fully saturated rings. The molecular formula is C30H22BrFN4. The molecule has 0 saturated carbocycles. The molecule has 0 N–H and O–H groups in total. The molecule has 0 radical (unpaired) electrons. The zero-order valence-electron chi connectivity index (χ0n) is 19.6. The van der Waals surface area contributed by atoms with E-state index in [1.165, 1.54) is 12.1 Å². The second-order valence-electron chi connectivity index (χ2n) is 8.93. The number of aryl methyl sites for hydroxylation is 1. The first-order chi connectivity index (χ1) is 17.5. The van der Waals surface area contributed by atoms with Crippen molar-refractivity contribution in [1.82, 2.24) is 9.97 Å². The standard InChI is InChI=1S/C30H22BrFN4/c1-19-7-16-26-25(17-19)29(22-5-3-2-4-6-22)34-30(33-26)36-28(21-10-14-24(32)15-11-21)18-27(35-36)20-8-12-23(31)13-9-20/h2-17,28H,18H2,1H3/t28-/m1/s1. The maximum Gasteiger partial charge on any atom is 0.247 e. The summed E-state index contributed by atoms with van der Waals surface area (Å²) in [5.41, 5.74) is 6.82. The van der Waals surface area contributed by atoms with E-state index in [1.807, 2.05) is 65.7 Å². The average Bonchev–Trinajstić information content (AvgIpc) is 3.35. The number of benzene rings is 4. The molecule has 2 heterocycles. The Kier molecular flexibility index (Phi) is 5.82. The number of hydrazone groups is 1. The van der Waals surface area contributed by atoms with Gasteiger partial charge in [0.1, 0.15) is 5.82 Å². The summed E-state index contributed by atoms with van der Waals surface area (Å²) in [6, 6.07) is 30.9. The molecule has 0 amide bonds. The molecule has 1 atom stereocenters. The molecule has 6 heteroatoms. The van der Waals surface area contributed by atoms with Crippen molar-refractivity contribution in [2.45, 2.75) is 19.4 Å². The highest BCUT2D eigenvalue weighted by Crippen LogP contribution is 2.38. The van der Waals surface area contributed by atoms with Crippen LogP contribution in [-0.4, -0.2) is 15.7 Å². The van der Waals surface area contributed by atoms with Crippen molar-refractivity contribution in [3.05, 3.63) is 124 Å². The van der Waals surface area contributed by atoms with Gasteiger partial charge < -0.3 is 0 Å². The Balaban J connectivity index is 1.53. The van der Waals surface area contributed by atoms with E-state index in [-0.39, 0.29) is 11.9 Å². The van der Waals surface area contributed by atoms with Crippen LogP contribution in [0.25, 0.3) is 22.2 Å². The summed E-state index contributed by atoms with van der Waals surface area (Å²) in [7, 11) is 0. The van der Waals surface area contributed by atoms with Crippen LogP contribution in [0.4, 0.5) is 10.3 Å². The van der Waals surface area contributed by atoms with Crippen molar-refractivity contribution in [3.63, 3.8) is 0 Å². The number of hydrogen-bond acceptors (Lipinski definition) is 4. The molecular weight excluding hydrogens is 515 g/mol. The van der Waals surface area contributed by atoms with Crippen molar-refractivity contribution < 1.29 is 4.39 Å². The van der Waals surface area contributed by atoms with Gasteiger partial charge in [0.05, 0.1) is 23.0 Å². The summed E-state index contributed by atoms with van der Waals surface area (Å²) < 4.78 is 14.8. The summed E-state index contributed by atoms with van der Waals surface area (Å²) >= 11 is 3.51. The SMILES string of the molecule is Cc1ccc2nc(N3N=C(c4ccc(Br)cc4)C[C@@H]3c3ccc(F)cc3)nc(-c3ccccc3)c2c1. The Labute approximate surface area is 217 Å². The first-order valence-electron chi connectivity index (χ1n) is 11.8. The van der Waals surface area contributed by atoms with Gasteiger partial charge in [-0.1, -0.05) is 82.2 Å². The number of aromatic nitrogens is 2. The molecule has 0 aliphatic carbocycles. The van der Waals surface area contributed by atoms with Crippen LogP contribution < -0.4 is 5.01 Å². The minimum atomic E-state index is -0.263. The second-order valence-corrected chi connectivity index (χ2v) is 9.84. The molecule has 5 aromatic rings. The van der Waals surface area contributed by atoms with E-state index in [2.05, 4.69) is 47.1 Å². The van der Waals surface area contributed by atoms with Crippen LogP contribution >= 0.6 is 15.9 Å². The third-order valence-corrected chi connectivity index (χ3v) is 6.96. The summed E-state index contributed by atoms with van der Waals surface area (Å²) in [5.74, 6) is 0.257. The minimum absolute atomic E-state index is 0.157. The van der Waals surface area contributed by atoms with Gasteiger partial charge in [0.25, 0.3) is 0 Å². The van der Waals surface area contributed by atoms with Crippen molar-refractivity contribution in [1.29, 1.82) is 0 Å². The monoisotopic (exact) mass is 536 g/mol. The lowest BCUT2D eigenvalue weighted by atomic mass is 9.98. The predicted octanol–water partition coefficient (Wildman–Crippen LogP) is 7.86. The van der Waals surface area contributed by atoms with Crippen LogP contribution in [0.2, 0.25) is 0 Å². The Bertz CT molecular complexity index is 1580. The molecule has 1 aliphatic heterocycles. The first kappa shape index (κ1) is 22.6. The van der Waals surface area contributed by atoms with E-state index >= 15 is 0 Å². The van der Waals surface area contributed by atoms with Gasteiger partial charge in [-0.15, -0.1) is 0 Å². The van der Waals surface area contributed by atoms with Gasteiger partial charge in [-0.05, 0) is 54.4 Å². The van der Waals surface area contributed by atoms with Crippen LogP contribution in [0, 0.1) is 12.7 Å². The van der Waals surface area contributed by atoms with Crippen molar-refractivity contribution in [3.8, 4) is 11.3 Å². The van der Waals surface area contributed by atoms with Gasteiger partial charge >= 0.3 is 0 Å². The fourth-order valence-electron chi connectivity index (χ4n) is 4.60. The van der Waals surface area contributed by atoms with Gasteiger partial charge in [-0.3, -0.25) is 0 Å². The number of hydrogen-bond donors (Lipinski definition) is 0. The molecule has 0 unspecified atom stereocenters. The zero-order valence-corrected chi connectivity index (χ0v) is 21.2. The number of halogens is 2. The molecule has 6 rings (SSSR count). The lowest BCUT2D eigenvalue weighted by Crippen LogP contribution is -2.21. The predicted molar refractivity (Wildman–Crippen MR) is 147 cm³/mol. The first-order valence-corrected chi connectivity index (χ1v) is 12.6. The van der Waals surface area contributed by atoms with Crippen molar-refractivity contribution in [2.75, 3.05) is 5.01 Å². The Morgan fingerprint density at radius 1 is 0.833 bits per heavy atom. The van der Waals surface area contributed by atoms with Crippen LogP contribution in [0.3, 0.4) is 0 Å². The van der Waals surface area contributed by atoms with E-state index in [0.717, 1.165) is 49.0 Å². The summed E-state index contributed by atoms with van der Waals surface area (Å²) in [4.78, 5) is 10.0. The molecule has 1 aromatic heterocycles. The summed E-state index contributed by atoms with van der Waals surface area (Å²) in [6.07, 6.45) is 0.656. The fourth-order valence-corrected chi connectivity index (χ4v) is 4.87. The van der Waals surface area contributed by atoms with Crippen LogP contribution in [0.5, 0.6) is 0 Å². The maximum absolute atomic E-state index is 13.7. The normalized spacial score (nSPS) is 15.4. The van der Waals surface area contributed by atoms with E-state index in [9.17, 15) is 4.39 Å². The molecule has 36 heavy (non-hydrogen) atoms. The average molecular weight is 537 g/mol. The Hall–Kier alpha value is -3.90. The maximum atomic E-state index is 13.7. The number of nitrogens with zero attached hydrogens (tertiary/aromatic N) is 4. The number of rotatable bonds is 4. The lowest BCUT2D eigenvalue weighted by Gasteiger charge is -2.23. The topological polar surface area (TPSA) is 41.4 Å². The molecule has 0 bridgehead atoms. The van der Waals surface area contributed by atoms with Crippen molar-refractivity contribution >= 4 is 38.5 Å². The molecule has 1 aliphatic rings. The second kappa shape index (κ2) is 9.28. The number of fused-ring (bicyclic) bond motifs is 1. The van der Waals surface area contributed by atoms with Gasteiger partial charge in [-0.25, -0.2) is 19.4 Å². The highest BCUT2D eigenvalue weighted by atomic mass is 79.9. The third-order valence-electron chi connectivity index (χ3n) is 6.43. The third kappa shape index (κ3) is 4.29. The number of anilines is 1. The Morgan fingerprint density at radius 2 is 1.58 bits per heavy atom.